The lowest BCUT2D eigenvalue weighted by Crippen LogP contribution is -2.61. The van der Waals surface area contributed by atoms with Gasteiger partial charge in [0, 0.05) is 6.42 Å². The van der Waals surface area contributed by atoms with Crippen molar-refractivity contribution in [3.05, 3.63) is 12.2 Å². The number of ether oxygens (including phenoxy) is 3. The Morgan fingerprint density at radius 1 is 0.535 bits per heavy atom. The van der Waals surface area contributed by atoms with Crippen LogP contribution in [0.4, 0.5) is 0 Å². The first-order chi connectivity index (χ1) is 34.7. The highest BCUT2D eigenvalue weighted by Crippen LogP contribution is 2.26. The van der Waals surface area contributed by atoms with E-state index < -0.39 is 67.4 Å². The van der Waals surface area contributed by atoms with E-state index in [1.807, 2.05) is 6.08 Å². The summed E-state index contributed by atoms with van der Waals surface area (Å²) < 4.78 is 17.6. The van der Waals surface area contributed by atoms with Crippen molar-refractivity contribution in [2.75, 3.05) is 13.2 Å². The molecule has 0 bridgehead atoms. The Morgan fingerprint density at radius 2 is 0.915 bits per heavy atom. The zero-order chi connectivity index (χ0) is 51.8. The maximum absolute atomic E-state index is 13.4. The van der Waals surface area contributed by atoms with E-state index in [2.05, 4.69) is 26.1 Å². The first-order valence-corrected chi connectivity index (χ1v) is 30.5. The van der Waals surface area contributed by atoms with Crippen molar-refractivity contribution in [2.45, 2.75) is 346 Å². The number of carbonyl (C=O) groups excluding carboxylic acids is 2. The first-order valence-electron chi connectivity index (χ1n) is 30.5. The predicted octanol–water partition coefficient (Wildman–Crippen LogP) is 14.0. The molecule has 8 atom stereocenters. The predicted molar refractivity (Wildman–Crippen MR) is 292 cm³/mol. The van der Waals surface area contributed by atoms with E-state index in [9.17, 15) is 35.1 Å². The molecule has 1 aliphatic heterocycles. The fourth-order valence-corrected chi connectivity index (χ4v) is 9.83. The Balaban J connectivity index is 2.70. The first kappa shape index (κ1) is 67.4. The van der Waals surface area contributed by atoms with Crippen LogP contribution >= 0.6 is 0 Å². The third kappa shape index (κ3) is 37.7. The molecule has 1 heterocycles. The highest BCUT2D eigenvalue weighted by molar-refractivity contribution is 5.80. The second-order valence-corrected chi connectivity index (χ2v) is 21.5. The molecule has 0 aliphatic carbocycles. The number of aliphatic hydroxyl groups is 5. The van der Waals surface area contributed by atoms with Gasteiger partial charge in [0.25, 0.3) is 0 Å². The van der Waals surface area contributed by atoms with Crippen LogP contribution in [0.5, 0.6) is 0 Å². The number of esters is 1. The number of hydrogen-bond acceptors (Lipinski definition) is 10. The molecule has 11 heteroatoms. The van der Waals surface area contributed by atoms with Gasteiger partial charge in [-0.1, -0.05) is 277 Å². The molecule has 71 heavy (non-hydrogen) atoms. The monoisotopic (exact) mass is 1010 g/mol. The molecule has 0 aromatic carbocycles. The van der Waals surface area contributed by atoms with Crippen LogP contribution in [0.15, 0.2) is 12.2 Å². The molecule has 11 nitrogen and oxygen atoms in total. The fraction of sp³-hybridized carbons (Fsp3) is 0.933. The summed E-state index contributed by atoms with van der Waals surface area (Å²) in [5.41, 5.74) is 0. The lowest BCUT2D eigenvalue weighted by Gasteiger charge is -2.41. The van der Waals surface area contributed by atoms with Gasteiger partial charge in [-0.15, -0.1) is 0 Å². The molecule has 0 spiro atoms. The van der Waals surface area contributed by atoms with Crippen LogP contribution in [-0.2, 0) is 23.8 Å². The molecule has 8 unspecified atom stereocenters. The van der Waals surface area contributed by atoms with Crippen molar-refractivity contribution in [3.8, 4) is 0 Å². The van der Waals surface area contributed by atoms with Gasteiger partial charge in [0.2, 0.25) is 5.91 Å². The average molecular weight is 1010 g/mol. The van der Waals surface area contributed by atoms with E-state index >= 15 is 0 Å². The number of hydrogen-bond donors (Lipinski definition) is 6. The smallest absolute Gasteiger partial charge is 0.306 e. The highest BCUT2D eigenvalue weighted by atomic mass is 16.7. The minimum Gasteiger partial charge on any atom is -0.454 e. The minimum atomic E-state index is -1.61. The highest BCUT2D eigenvalue weighted by Gasteiger charge is 2.47. The SMILES string of the molecule is CCCCCCCCCCCCC/C=C/C(O)C(COC1OC(CO)C(O)C(O)C1OC(=O)CCCCCCCCCCCCCCCCC)NC(=O)C(O)CCCCCCCCCCCCCCCC. The van der Waals surface area contributed by atoms with Crippen LogP contribution in [0.25, 0.3) is 0 Å². The van der Waals surface area contributed by atoms with Gasteiger partial charge in [-0.25, -0.2) is 0 Å². The number of carbonyl (C=O) groups is 2. The summed E-state index contributed by atoms with van der Waals surface area (Å²) in [6.07, 6.45) is 43.9. The quantitative estimate of drug-likeness (QED) is 0.0195. The number of allylic oxidation sites excluding steroid dienone is 1. The molecular weight excluding hydrogens is 895 g/mol. The molecule has 1 saturated heterocycles. The van der Waals surface area contributed by atoms with Gasteiger partial charge in [0.1, 0.15) is 24.4 Å². The van der Waals surface area contributed by atoms with Gasteiger partial charge in [0.05, 0.1) is 25.4 Å². The molecule has 420 valence electrons. The molecule has 1 amide bonds. The molecule has 0 saturated carbocycles. The normalized spacial score (nSPS) is 19.6. The molecule has 1 aliphatic rings. The molecule has 1 fully saturated rings. The van der Waals surface area contributed by atoms with E-state index in [4.69, 9.17) is 14.2 Å². The lowest BCUT2D eigenvalue weighted by atomic mass is 9.99. The lowest BCUT2D eigenvalue weighted by molar-refractivity contribution is -0.305. The zero-order valence-electron chi connectivity index (χ0n) is 46.4. The molecule has 1 rings (SSSR count). The Bertz CT molecular complexity index is 1210. The summed E-state index contributed by atoms with van der Waals surface area (Å²) in [4.78, 5) is 26.5. The molecule has 0 radical (unpaired) electrons. The van der Waals surface area contributed by atoms with E-state index in [1.54, 1.807) is 6.08 Å². The van der Waals surface area contributed by atoms with Crippen LogP contribution in [0, 0.1) is 0 Å². The average Bonchev–Trinajstić information content (AvgIpc) is 3.37. The number of unbranched alkanes of at least 4 members (excludes halogenated alkanes) is 38. The van der Waals surface area contributed by atoms with Crippen LogP contribution in [0.2, 0.25) is 0 Å². The van der Waals surface area contributed by atoms with Crippen LogP contribution in [-0.4, -0.2) is 99.6 Å². The second kappa shape index (κ2) is 49.3. The number of nitrogens with one attached hydrogen (secondary N) is 1. The largest absolute Gasteiger partial charge is 0.454 e. The molecule has 0 aromatic heterocycles. The number of amides is 1. The van der Waals surface area contributed by atoms with Crippen molar-refractivity contribution in [1.29, 1.82) is 0 Å². The van der Waals surface area contributed by atoms with Crippen LogP contribution < -0.4 is 5.32 Å². The molecular formula is C60H115NO10. The standard InChI is InChI=1S/C60H115NO10/c1-4-7-10-13-16-19-22-25-27-30-33-36-39-42-45-48-55(65)71-58-57(67)56(66)54(49-62)70-60(58)69-50-51(52(63)46-43-40-37-34-31-28-24-21-18-15-12-9-6-3)61-59(68)53(64)47-44-41-38-35-32-29-26-23-20-17-14-11-8-5-2/h43,46,51-54,56-58,60,62-64,66-67H,4-42,44-45,47-50H2,1-3H3,(H,61,68)/b46-43+. The third-order valence-electron chi connectivity index (χ3n) is 14.7. The third-order valence-corrected chi connectivity index (χ3v) is 14.7. The maximum atomic E-state index is 13.4. The minimum absolute atomic E-state index is 0.131. The van der Waals surface area contributed by atoms with E-state index in [1.165, 1.54) is 193 Å². The summed E-state index contributed by atoms with van der Waals surface area (Å²) in [6.45, 7) is 5.82. The summed E-state index contributed by atoms with van der Waals surface area (Å²) >= 11 is 0. The van der Waals surface area contributed by atoms with E-state index in [0.29, 0.717) is 19.3 Å². The Labute approximate surface area is 436 Å². The van der Waals surface area contributed by atoms with E-state index in [0.717, 1.165) is 57.8 Å². The van der Waals surface area contributed by atoms with Crippen LogP contribution in [0.3, 0.4) is 0 Å². The second-order valence-electron chi connectivity index (χ2n) is 21.5. The Morgan fingerprint density at radius 3 is 1.32 bits per heavy atom. The summed E-state index contributed by atoms with van der Waals surface area (Å²) in [5.74, 6) is -1.18. The number of rotatable bonds is 52. The summed E-state index contributed by atoms with van der Waals surface area (Å²) in [7, 11) is 0. The van der Waals surface area contributed by atoms with Gasteiger partial charge in [0.15, 0.2) is 12.4 Å². The van der Waals surface area contributed by atoms with E-state index in [-0.39, 0.29) is 13.0 Å². The van der Waals surface area contributed by atoms with Crippen molar-refractivity contribution in [1.82, 2.24) is 5.32 Å². The van der Waals surface area contributed by atoms with Gasteiger partial charge in [-0.3, -0.25) is 9.59 Å². The topological polar surface area (TPSA) is 175 Å². The fourth-order valence-electron chi connectivity index (χ4n) is 9.83. The molecule has 0 aromatic rings. The van der Waals surface area contributed by atoms with Gasteiger partial charge < -0.3 is 45.1 Å². The van der Waals surface area contributed by atoms with Crippen molar-refractivity contribution in [3.63, 3.8) is 0 Å². The van der Waals surface area contributed by atoms with Crippen LogP contribution in [0.1, 0.15) is 297 Å². The van der Waals surface area contributed by atoms with Gasteiger partial charge in [-0.2, -0.15) is 0 Å². The summed E-state index contributed by atoms with van der Waals surface area (Å²) in [5, 5.41) is 56.9. The van der Waals surface area contributed by atoms with Gasteiger partial charge in [-0.05, 0) is 25.7 Å². The Kier molecular flexibility index (Phi) is 46.8. The molecule has 6 N–H and O–H groups in total. The van der Waals surface area contributed by atoms with Crippen molar-refractivity contribution >= 4 is 11.9 Å². The summed E-state index contributed by atoms with van der Waals surface area (Å²) in [6, 6.07) is -1.01. The van der Waals surface area contributed by atoms with Crippen molar-refractivity contribution < 1.29 is 49.3 Å². The Hall–Kier alpha value is -1.60. The maximum Gasteiger partial charge on any atom is 0.306 e. The number of aliphatic hydroxyl groups excluding tert-OH is 5. The van der Waals surface area contributed by atoms with Crippen molar-refractivity contribution in [2.24, 2.45) is 0 Å². The van der Waals surface area contributed by atoms with Gasteiger partial charge >= 0.3 is 5.97 Å². The zero-order valence-corrected chi connectivity index (χ0v) is 46.4.